The van der Waals surface area contributed by atoms with Crippen LogP contribution in [-0.2, 0) is 7.05 Å². The summed E-state index contributed by atoms with van der Waals surface area (Å²) in [5.41, 5.74) is 2.11. The van der Waals surface area contributed by atoms with Crippen LogP contribution in [0.15, 0.2) is 78.9 Å². The molecule has 4 heterocycles. The Hall–Kier alpha value is -4.13. The molecule has 0 saturated carbocycles. The van der Waals surface area contributed by atoms with E-state index in [0.29, 0.717) is 0 Å². The average molecular weight is 439 g/mol. The molecular weight excluding hydrogens is 410 g/mol. The highest BCUT2D eigenvalue weighted by atomic mass is 15.3. The fourth-order valence-corrected chi connectivity index (χ4v) is 4.22. The fourth-order valence-electron chi connectivity index (χ4n) is 4.22. The summed E-state index contributed by atoms with van der Waals surface area (Å²) in [5.74, 6) is 5.54. The lowest BCUT2D eigenvalue weighted by atomic mass is 10.2. The minimum atomic E-state index is 0.871. The van der Waals surface area contributed by atoms with Crippen LogP contribution in [0.5, 0.6) is 0 Å². The number of anilines is 8. The number of aromatic nitrogens is 3. The van der Waals surface area contributed by atoms with Crippen LogP contribution < -0.4 is 24.2 Å². The molecule has 7 nitrogen and oxygen atoms in total. The second-order valence-electron chi connectivity index (χ2n) is 8.27. The first-order chi connectivity index (χ1) is 15.9. The maximum Gasteiger partial charge on any atom is 0.229 e. The van der Waals surface area contributed by atoms with Gasteiger partial charge in [0.25, 0.3) is 0 Å². The molecular formula is C26H28N7+. The van der Waals surface area contributed by atoms with Crippen LogP contribution in [0.3, 0.4) is 0 Å². The Morgan fingerprint density at radius 3 is 1.33 bits per heavy atom. The van der Waals surface area contributed by atoms with Gasteiger partial charge in [0.2, 0.25) is 11.6 Å². The molecule has 1 aliphatic heterocycles. The van der Waals surface area contributed by atoms with Crippen LogP contribution in [0.4, 0.5) is 46.3 Å². The molecule has 0 radical (unpaired) electrons. The van der Waals surface area contributed by atoms with Crippen molar-refractivity contribution < 1.29 is 4.57 Å². The van der Waals surface area contributed by atoms with Gasteiger partial charge >= 0.3 is 0 Å². The Balaban J connectivity index is 1.75. The van der Waals surface area contributed by atoms with Gasteiger partial charge in [-0.1, -0.05) is 18.2 Å². The number of hydrogen-bond acceptors (Lipinski definition) is 6. The molecule has 0 N–H and O–H groups in total. The van der Waals surface area contributed by atoms with E-state index in [1.54, 1.807) is 0 Å². The summed E-state index contributed by atoms with van der Waals surface area (Å²) in [6.07, 6.45) is 0. The monoisotopic (exact) mass is 438 g/mol. The normalized spacial score (nSPS) is 13.4. The molecule has 166 valence electrons. The first kappa shape index (κ1) is 20.8. The van der Waals surface area contributed by atoms with Crippen molar-refractivity contribution in [3.05, 3.63) is 78.9 Å². The van der Waals surface area contributed by atoms with Gasteiger partial charge in [0.05, 0.1) is 21.1 Å². The van der Waals surface area contributed by atoms with Gasteiger partial charge in [0.15, 0.2) is 11.6 Å². The summed E-state index contributed by atoms with van der Waals surface area (Å²) in [4.78, 5) is 18.4. The molecule has 1 aromatic carbocycles. The second kappa shape index (κ2) is 8.09. The lowest BCUT2D eigenvalue weighted by Crippen LogP contribution is -2.40. The zero-order valence-electron chi connectivity index (χ0n) is 19.6. The zero-order valence-corrected chi connectivity index (χ0v) is 19.6. The summed E-state index contributed by atoms with van der Waals surface area (Å²) in [6.45, 7) is 0. The van der Waals surface area contributed by atoms with Crippen molar-refractivity contribution in [3.63, 3.8) is 0 Å². The average Bonchev–Trinajstić information content (AvgIpc) is 2.87. The fraction of sp³-hybridized carbons (Fsp3) is 0.192. The minimum absolute atomic E-state index is 0.871. The van der Waals surface area contributed by atoms with Crippen LogP contribution >= 0.6 is 0 Å². The molecule has 0 spiro atoms. The van der Waals surface area contributed by atoms with E-state index in [4.69, 9.17) is 9.97 Å². The van der Waals surface area contributed by atoms with Gasteiger partial charge in [-0.3, -0.25) is 0 Å². The van der Waals surface area contributed by atoms with Gasteiger partial charge in [-0.15, -0.1) is 0 Å². The number of benzene rings is 1. The molecule has 1 aliphatic rings. The van der Waals surface area contributed by atoms with Crippen molar-refractivity contribution in [2.75, 3.05) is 47.8 Å². The van der Waals surface area contributed by atoms with Crippen LogP contribution in [0.2, 0.25) is 0 Å². The number of fused-ring (bicyclic) bond motifs is 8. The third kappa shape index (κ3) is 3.61. The van der Waals surface area contributed by atoms with E-state index >= 15 is 0 Å². The smallest absolute Gasteiger partial charge is 0.229 e. The van der Waals surface area contributed by atoms with E-state index in [0.717, 1.165) is 46.3 Å². The van der Waals surface area contributed by atoms with Crippen molar-refractivity contribution in [1.29, 1.82) is 0 Å². The molecule has 8 bridgehead atoms. The summed E-state index contributed by atoms with van der Waals surface area (Å²) >= 11 is 0. The van der Waals surface area contributed by atoms with Gasteiger partial charge in [0, 0.05) is 37.6 Å². The van der Waals surface area contributed by atoms with E-state index in [9.17, 15) is 0 Å². The lowest BCUT2D eigenvalue weighted by Gasteiger charge is -2.25. The van der Waals surface area contributed by atoms with E-state index < -0.39 is 0 Å². The molecule has 7 heteroatoms. The van der Waals surface area contributed by atoms with Crippen molar-refractivity contribution in [2.24, 2.45) is 7.05 Å². The molecule has 0 saturated heterocycles. The molecule has 0 atom stereocenters. The van der Waals surface area contributed by atoms with Gasteiger partial charge in [-0.2, -0.15) is 9.97 Å². The third-order valence-corrected chi connectivity index (χ3v) is 6.28. The Kier molecular flexibility index (Phi) is 5.09. The lowest BCUT2D eigenvalue weighted by molar-refractivity contribution is -0.645. The standard InChI is InChI=1S/C26H28N7/c1-29-19-10-6-11-20(18-19)30(2)22-13-8-15-24(28-22)32(4)26-17-9-16-25(33(26)5)31(3)23-14-7-12-21(29)27-23/h6-18H,1-5H3/q+1. The van der Waals surface area contributed by atoms with Crippen molar-refractivity contribution in [3.8, 4) is 0 Å². The topological polar surface area (TPSA) is 42.6 Å². The largest absolute Gasteiger partial charge is 0.329 e. The Bertz CT molecular complexity index is 1230. The quantitative estimate of drug-likeness (QED) is 0.371. The molecule has 0 fully saturated rings. The highest BCUT2D eigenvalue weighted by Gasteiger charge is 2.22. The third-order valence-electron chi connectivity index (χ3n) is 6.28. The highest BCUT2D eigenvalue weighted by Crippen LogP contribution is 2.32. The predicted molar refractivity (Wildman–Crippen MR) is 135 cm³/mol. The molecule has 4 aromatic rings. The van der Waals surface area contributed by atoms with E-state index in [-0.39, 0.29) is 0 Å². The molecule has 5 rings (SSSR count). The van der Waals surface area contributed by atoms with Crippen LogP contribution in [0.25, 0.3) is 0 Å². The maximum atomic E-state index is 4.97. The zero-order chi connectivity index (χ0) is 23.1. The second-order valence-corrected chi connectivity index (χ2v) is 8.27. The Labute approximate surface area is 194 Å². The number of pyridine rings is 3. The highest BCUT2D eigenvalue weighted by molar-refractivity contribution is 5.70. The van der Waals surface area contributed by atoms with Gasteiger partial charge in [0.1, 0.15) is 11.6 Å². The summed E-state index contributed by atoms with van der Waals surface area (Å²) in [6, 6.07) is 26.9. The number of rotatable bonds is 0. The van der Waals surface area contributed by atoms with Crippen LogP contribution in [-0.4, -0.2) is 38.2 Å². The summed E-state index contributed by atoms with van der Waals surface area (Å²) in [5, 5.41) is 0. The summed E-state index contributed by atoms with van der Waals surface area (Å²) < 4.78 is 2.16. The van der Waals surface area contributed by atoms with E-state index in [1.165, 1.54) is 0 Å². The van der Waals surface area contributed by atoms with Crippen molar-refractivity contribution >= 4 is 46.3 Å². The van der Waals surface area contributed by atoms with Crippen LogP contribution in [0, 0.1) is 0 Å². The first-order valence-corrected chi connectivity index (χ1v) is 10.9. The van der Waals surface area contributed by atoms with E-state index in [1.807, 2.05) is 52.5 Å². The van der Waals surface area contributed by atoms with Crippen molar-refractivity contribution in [1.82, 2.24) is 9.97 Å². The molecule has 3 aromatic heterocycles. The van der Waals surface area contributed by atoms with Gasteiger partial charge in [-0.05, 0) is 48.5 Å². The van der Waals surface area contributed by atoms with Crippen molar-refractivity contribution in [2.45, 2.75) is 0 Å². The molecule has 33 heavy (non-hydrogen) atoms. The Morgan fingerprint density at radius 1 is 0.515 bits per heavy atom. The Morgan fingerprint density at radius 2 is 0.879 bits per heavy atom. The molecule has 0 aliphatic carbocycles. The van der Waals surface area contributed by atoms with Gasteiger partial charge < -0.3 is 9.80 Å². The first-order valence-electron chi connectivity index (χ1n) is 10.9. The predicted octanol–water partition coefficient (Wildman–Crippen LogP) is 4.69. The number of nitrogens with zero attached hydrogens (tertiary/aromatic N) is 7. The maximum absolute atomic E-state index is 4.97. The van der Waals surface area contributed by atoms with Crippen LogP contribution in [0.1, 0.15) is 0 Å². The molecule has 0 amide bonds. The van der Waals surface area contributed by atoms with Gasteiger partial charge in [-0.25, -0.2) is 14.4 Å². The molecule has 0 unspecified atom stereocenters. The SMILES string of the molecule is CN1c2cccc(c2)N(C)c2cccc(n2)N(C)c2cccc([n+]2C)N(C)c2cccc1n2. The number of hydrogen-bond donors (Lipinski definition) is 0. The van der Waals surface area contributed by atoms with E-state index in [2.05, 4.69) is 85.8 Å². The summed E-state index contributed by atoms with van der Waals surface area (Å²) in [7, 11) is 10.2. The minimum Gasteiger partial charge on any atom is -0.329 e.